The molecule has 0 bridgehead atoms. The molecule has 0 N–H and O–H groups in total. The van der Waals surface area contributed by atoms with Crippen LogP contribution >= 0.6 is 0 Å². The Morgan fingerprint density at radius 3 is 2.50 bits per heavy atom. The van der Waals surface area contributed by atoms with Crippen molar-refractivity contribution in [3.63, 3.8) is 0 Å². The van der Waals surface area contributed by atoms with Crippen LogP contribution in [0.4, 0.5) is 0 Å². The highest BCUT2D eigenvalue weighted by Crippen LogP contribution is 2.30. The van der Waals surface area contributed by atoms with Gasteiger partial charge in [-0.1, -0.05) is 33.8 Å². The minimum Gasteiger partial charge on any atom is -0.445 e. The molecule has 0 aliphatic heterocycles. The predicted molar refractivity (Wildman–Crippen MR) is 73.6 cm³/mol. The molecule has 2 rings (SSSR count). The van der Waals surface area contributed by atoms with Crippen LogP contribution in [-0.4, -0.2) is 0 Å². The van der Waals surface area contributed by atoms with E-state index in [-0.39, 0.29) is 0 Å². The molecule has 1 heterocycles. The van der Waals surface area contributed by atoms with Gasteiger partial charge in [-0.15, -0.1) is 0 Å². The number of nitrogens with zero attached hydrogens (tertiary/aromatic N) is 1. The van der Waals surface area contributed by atoms with Gasteiger partial charge in [-0.2, -0.15) is 5.26 Å². The van der Waals surface area contributed by atoms with Crippen LogP contribution in [0, 0.1) is 17.2 Å². The van der Waals surface area contributed by atoms with Gasteiger partial charge in [0.2, 0.25) is 5.76 Å². The first-order valence-electron chi connectivity index (χ1n) is 6.48. The summed E-state index contributed by atoms with van der Waals surface area (Å²) in [5.74, 6) is 1.47. The van der Waals surface area contributed by atoms with Gasteiger partial charge in [0.15, 0.2) is 0 Å². The molecule has 0 aliphatic carbocycles. The molecule has 0 unspecified atom stereocenters. The van der Waals surface area contributed by atoms with Gasteiger partial charge in [0.25, 0.3) is 0 Å². The molecule has 0 amide bonds. The maximum Gasteiger partial charge on any atom is 0.207 e. The van der Waals surface area contributed by atoms with E-state index in [4.69, 9.17) is 9.68 Å². The van der Waals surface area contributed by atoms with Gasteiger partial charge < -0.3 is 4.42 Å². The van der Waals surface area contributed by atoms with Gasteiger partial charge in [-0.05, 0) is 36.0 Å². The van der Waals surface area contributed by atoms with E-state index in [0.717, 1.165) is 23.0 Å². The van der Waals surface area contributed by atoms with Crippen molar-refractivity contribution in [3.8, 4) is 6.07 Å². The molecule has 0 radical (unpaired) electrons. The minimum atomic E-state index is 0.472. The zero-order valence-electron chi connectivity index (χ0n) is 11.4. The van der Waals surface area contributed by atoms with Crippen molar-refractivity contribution in [1.29, 1.82) is 5.26 Å². The first-order chi connectivity index (χ1) is 8.52. The average Bonchev–Trinajstić information content (AvgIpc) is 2.66. The maximum atomic E-state index is 9.17. The van der Waals surface area contributed by atoms with Crippen molar-refractivity contribution >= 4 is 11.0 Å². The zero-order valence-corrected chi connectivity index (χ0v) is 11.4. The lowest BCUT2D eigenvalue weighted by molar-refractivity contribution is 0.579. The molecule has 2 heteroatoms. The third-order valence-corrected chi connectivity index (χ3v) is 3.20. The van der Waals surface area contributed by atoms with Crippen LogP contribution in [0.15, 0.2) is 22.6 Å². The maximum absolute atomic E-state index is 9.17. The second-order valence-electron chi connectivity index (χ2n) is 5.53. The van der Waals surface area contributed by atoms with Crippen molar-refractivity contribution in [1.82, 2.24) is 0 Å². The quantitative estimate of drug-likeness (QED) is 0.785. The van der Waals surface area contributed by atoms with E-state index in [2.05, 4.69) is 45.9 Å². The molecule has 0 aliphatic rings. The Bertz CT molecular complexity index is 599. The van der Waals surface area contributed by atoms with E-state index in [1.54, 1.807) is 0 Å². The van der Waals surface area contributed by atoms with E-state index in [0.29, 0.717) is 17.6 Å². The number of nitriles is 1. The molecule has 0 saturated heterocycles. The predicted octanol–water partition coefficient (Wildman–Crippen LogP) is 4.63. The normalized spacial score (nSPS) is 11.4. The Labute approximate surface area is 108 Å². The standard InChI is InChI=1S/C16H19NO/c1-10(2)7-13-14-8-12(11(3)4)5-6-15(14)18-16(13)9-17/h5-6,8,10-11H,7H2,1-4H3. The van der Waals surface area contributed by atoms with Crippen LogP contribution in [0.25, 0.3) is 11.0 Å². The van der Waals surface area contributed by atoms with Gasteiger partial charge >= 0.3 is 0 Å². The van der Waals surface area contributed by atoms with Gasteiger partial charge in [-0.25, -0.2) is 0 Å². The molecule has 1 aromatic carbocycles. The Kier molecular flexibility index (Phi) is 3.43. The number of furan rings is 1. The van der Waals surface area contributed by atoms with Crippen LogP contribution < -0.4 is 0 Å². The summed E-state index contributed by atoms with van der Waals surface area (Å²) in [6.45, 7) is 8.67. The van der Waals surface area contributed by atoms with Crippen molar-refractivity contribution in [2.75, 3.05) is 0 Å². The Hall–Kier alpha value is -1.75. The fourth-order valence-corrected chi connectivity index (χ4v) is 2.23. The Balaban J connectivity index is 2.63. The van der Waals surface area contributed by atoms with Crippen LogP contribution in [0.5, 0.6) is 0 Å². The molecular formula is C16H19NO. The molecular weight excluding hydrogens is 222 g/mol. The molecule has 1 aromatic heterocycles. The monoisotopic (exact) mass is 241 g/mol. The molecule has 0 atom stereocenters. The lowest BCUT2D eigenvalue weighted by Gasteiger charge is -2.06. The van der Waals surface area contributed by atoms with Crippen LogP contribution in [0.1, 0.15) is 50.5 Å². The second-order valence-corrected chi connectivity index (χ2v) is 5.53. The molecule has 94 valence electrons. The molecule has 2 aromatic rings. The fourth-order valence-electron chi connectivity index (χ4n) is 2.23. The van der Waals surface area contributed by atoms with Crippen LogP contribution in [0.2, 0.25) is 0 Å². The third-order valence-electron chi connectivity index (χ3n) is 3.20. The number of rotatable bonds is 3. The first-order valence-corrected chi connectivity index (χ1v) is 6.48. The summed E-state index contributed by atoms with van der Waals surface area (Å²) >= 11 is 0. The van der Waals surface area contributed by atoms with E-state index in [1.807, 2.05) is 6.07 Å². The average molecular weight is 241 g/mol. The Morgan fingerprint density at radius 1 is 1.22 bits per heavy atom. The van der Waals surface area contributed by atoms with Gasteiger partial charge in [0, 0.05) is 10.9 Å². The molecule has 0 saturated carbocycles. The van der Waals surface area contributed by atoms with E-state index >= 15 is 0 Å². The van der Waals surface area contributed by atoms with Crippen molar-refractivity contribution in [3.05, 3.63) is 35.1 Å². The SMILES string of the molecule is CC(C)Cc1c(C#N)oc2ccc(C(C)C)cc12. The molecule has 0 fully saturated rings. The second kappa shape index (κ2) is 4.86. The lowest BCUT2D eigenvalue weighted by Crippen LogP contribution is -1.95. The van der Waals surface area contributed by atoms with Gasteiger partial charge in [0.05, 0.1) is 0 Å². The summed E-state index contributed by atoms with van der Waals surface area (Å²) in [6.07, 6.45) is 0.886. The Morgan fingerprint density at radius 2 is 1.94 bits per heavy atom. The zero-order chi connectivity index (χ0) is 13.3. The number of hydrogen-bond donors (Lipinski definition) is 0. The number of hydrogen-bond acceptors (Lipinski definition) is 2. The molecule has 18 heavy (non-hydrogen) atoms. The van der Waals surface area contributed by atoms with Crippen molar-refractivity contribution in [2.45, 2.75) is 40.0 Å². The van der Waals surface area contributed by atoms with Crippen LogP contribution in [-0.2, 0) is 6.42 Å². The largest absolute Gasteiger partial charge is 0.445 e. The van der Waals surface area contributed by atoms with Crippen molar-refractivity contribution in [2.24, 2.45) is 5.92 Å². The summed E-state index contributed by atoms with van der Waals surface area (Å²) in [4.78, 5) is 0. The summed E-state index contributed by atoms with van der Waals surface area (Å²) in [7, 11) is 0. The van der Waals surface area contributed by atoms with Crippen LogP contribution in [0.3, 0.4) is 0 Å². The van der Waals surface area contributed by atoms with Gasteiger partial charge in [-0.3, -0.25) is 0 Å². The number of benzene rings is 1. The van der Waals surface area contributed by atoms with Gasteiger partial charge in [0.1, 0.15) is 11.7 Å². The lowest BCUT2D eigenvalue weighted by atomic mass is 9.96. The highest BCUT2D eigenvalue weighted by molar-refractivity contribution is 5.84. The van der Waals surface area contributed by atoms with E-state index in [1.165, 1.54) is 5.56 Å². The smallest absolute Gasteiger partial charge is 0.207 e. The fraction of sp³-hybridized carbons (Fsp3) is 0.438. The highest BCUT2D eigenvalue weighted by atomic mass is 16.3. The summed E-state index contributed by atoms with van der Waals surface area (Å²) < 4.78 is 5.62. The summed E-state index contributed by atoms with van der Waals surface area (Å²) in [5, 5.41) is 10.3. The van der Waals surface area contributed by atoms with E-state index < -0.39 is 0 Å². The van der Waals surface area contributed by atoms with E-state index in [9.17, 15) is 0 Å². The summed E-state index contributed by atoms with van der Waals surface area (Å²) in [6, 6.07) is 8.40. The third kappa shape index (κ3) is 2.26. The molecule has 2 nitrogen and oxygen atoms in total. The first kappa shape index (κ1) is 12.7. The minimum absolute atomic E-state index is 0.472. The summed E-state index contributed by atoms with van der Waals surface area (Å²) in [5.41, 5.74) is 3.18. The topological polar surface area (TPSA) is 36.9 Å². The highest BCUT2D eigenvalue weighted by Gasteiger charge is 2.15. The number of fused-ring (bicyclic) bond motifs is 1. The van der Waals surface area contributed by atoms with Crippen molar-refractivity contribution < 1.29 is 4.42 Å². The molecule has 0 spiro atoms.